The summed E-state index contributed by atoms with van der Waals surface area (Å²) in [6, 6.07) is 3.43. The summed E-state index contributed by atoms with van der Waals surface area (Å²) in [7, 11) is 0. The van der Waals surface area contributed by atoms with E-state index in [1.807, 2.05) is 0 Å². The van der Waals surface area contributed by atoms with Crippen LogP contribution in [-0.4, -0.2) is 27.8 Å². The van der Waals surface area contributed by atoms with E-state index < -0.39 is 12.7 Å². The van der Waals surface area contributed by atoms with Crippen molar-refractivity contribution in [1.82, 2.24) is 20.4 Å². The molecule has 0 radical (unpaired) electrons. The maximum absolute atomic E-state index is 11.9. The maximum atomic E-state index is 11.9. The van der Waals surface area contributed by atoms with E-state index in [1.165, 1.54) is 6.20 Å². The third-order valence-corrected chi connectivity index (χ3v) is 1.99. The highest BCUT2D eigenvalue weighted by Crippen LogP contribution is 2.14. The molecule has 96 valence electrons. The molecule has 1 N–H and O–H groups in total. The zero-order valence-corrected chi connectivity index (χ0v) is 9.11. The lowest BCUT2D eigenvalue weighted by Gasteiger charge is -2.05. The lowest BCUT2D eigenvalue weighted by molar-refractivity contribution is -0.125. The molecule has 2 aromatic rings. The molecule has 0 unspecified atom stereocenters. The molecule has 2 heterocycles. The van der Waals surface area contributed by atoms with E-state index in [9.17, 15) is 13.2 Å². The summed E-state index contributed by atoms with van der Waals surface area (Å²) in [5.74, 6) is 0.394. The van der Waals surface area contributed by atoms with E-state index in [1.54, 1.807) is 18.3 Å². The van der Waals surface area contributed by atoms with E-state index in [0.29, 0.717) is 11.4 Å². The zero-order chi connectivity index (χ0) is 13.0. The number of pyridine rings is 1. The van der Waals surface area contributed by atoms with Crippen LogP contribution in [0.25, 0.3) is 11.4 Å². The average Bonchev–Trinajstić information content (AvgIpc) is 2.77. The average molecular weight is 258 g/mol. The number of aromatic nitrogens is 3. The predicted octanol–water partition coefficient (Wildman–Crippen LogP) is 1.78. The van der Waals surface area contributed by atoms with Gasteiger partial charge in [0.15, 0.2) is 0 Å². The number of hydrogen-bond acceptors (Lipinski definition) is 5. The Morgan fingerprint density at radius 1 is 1.33 bits per heavy atom. The molecule has 0 aliphatic heterocycles. The highest BCUT2D eigenvalue weighted by Gasteiger charge is 2.26. The van der Waals surface area contributed by atoms with Gasteiger partial charge in [-0.2, -0.15) is 18.2 Å². The van der Waals surface area contributed by atoms with Crippen molar-refractivity contribution in [2.75, 3.05) is 6.54 Å². The number of nitrogens with zero attached hydrogens (tertiary/aromatic N) is 3. The summed E-state index contributed by atoms with van der Waals surface area (Å²) in [4.78, 5) is 7.83. The topological polar surface area (TPSA) is 63.8 Å². The van der Waals surface area contributed by atoms with Gasteiger partial charge in [-0.1, -0.05) is 5.16 Å². The van der Waals surface area contributed by atoms with Crippen LogP contribution in [0.3, 0.4) is 0 Å². The predicted molar refractivity (Wildman–Crippen MR) is 55.3 cm³/mol. The standard InChI is InChI=1S/C10H9F3N4O/c11-10(12,13)6-15-5-8-16-9(17-18-8)7-2-1-3-14-4-7/h1-4,15H,5-6H2. The largest absolute Gasteiger partial charge is 0.401 e. The van der Waals surface area contributed by atoms with Gasteiger partial charge in [-0.15, -0.1) is 0 Å². The van der Waals surface area contributed by atoms with Crippen molar-refractivity contribution in [2.45, 2.75) is 12.7 Å². The second kappa shape index (κ2) is 5.13. The minimum absolute atomic E-state index is 0.0955. The minimum Gasteiger partial charge on any atom is -0.338 e. The fraction of sp³-hybridized carbons (Fsp3) is 0.300. The van der Waals surface area contributed by atoms with Crippen molar-refractivity contribution < 1.29 is 17.7 Å². The summed E-state index contributed by atoms with van der Waals surface area (Å²) < 4.78 is 40.5. The summed E-state index contributed by atoms with van der Waals surface area (Å²) in [6.07, 6.45) is -1.13. The quantitative estimate of drug-likeness (QED) is 0.905. The molecule has 2 aromatic heterocycles. The molecule has 0 aliphatic rings. The van der Waals surface area contributed by atoms with E-state index in [2.05, 4.69) is 20.4 Å². The number of nitrogens with one attached hydrogen (secondary N) is 1. The van der Waals surface area contributed by atoms with E-state index in [-0.39, 0.29) is 12.4 Å². The lowest BCUT2D eigenvalue weighted by atomic mass is 10.3. The number of rotatable bonds is 4. The van der Waals surface area contributed by atoms with Crippen LogP contribution in [0, 0.1) is 0 Å². The zero-order valence-electron chi connectivity index (χ0n) is 9.11. The highest BCUT2D eigenvalue weighted by molar-refractivity contribution is 5.51. The number of hydrogen-bond donors (Lipinski definition) is 1. The second-order valence-electron chi connectivity index (χ2n) is 3.47. The summed E-state index contributed by atoms with van der Waals surface area (Å²) in [5, 5.41) is 5.82. The third kappa shape index (κ3) is 3.52. The van der Waals surface area contributed by atoms with Crippen molar-refractivity contribution >= 4 is 0 Å². The fourth-order valence-electron chi connectivity index (χ4n) is 1.25. The van der Waals surface area contributed by atoms with Crippen LogP contribution in [0.5, 0.6) is 0 Å². The molecule has 0 bridgehead atoms. The summed E-state index contributed by atoms with van der Waals surface area (Å²) in [5.41, 5.74) is 0.642. The van der Waals surface area contributed by atoms with Crippen LogP contribution in [0.15, 0.2) is 29.0 Å². The Hall–Kier alpha value is -1.96. The van der Waals surface area contributed by atoms with Crippen molar-refractivity contribution in [1.29, 1.82) is 0 Å². The molecular formula is C10H9F3N4O. The van der Waals surface area contributed by atoms with Gasteiger partial charge in [0.1, 0.15) is 0 Å². The third-order valence-electron chi connectivity index (χ3n) is 1.99. The molecule has 8 heteroatoms. The van der Waals surface area contributed by atoms with Crippen LogP contribution < -0.4 is 5.32 Å². The lowest BCUT2D eigenvalue weighted by Crippen LogP contribution is -2.28. The van der Waals surface area contributed by atoms with E-state index in [4.69, 9.17) is 4.52 Å². The van der Waals surface area contributed by atoms with E-state index in [0.717, 1.165) is 0 Å². The second-order valence-corrected chi connectivity index (χ2v) is 3.47. The molecule has 0 atom stereocenters. The summed E-state index contributed by atoms with van der Waals surface area (Å²) in [6.45, 7) is -1.23. The first-order valence-electron chi connectivity index (χ1n) is 5.05. The maximum Gasteiger partial charge on any atom is 0.401 e. The van der Waals surface area contributed by atoms with Crippen LogP contribution in [0.2, 0.25) is 0 Å². The van der Waals surface area contributed by atoms with Gasteiger partial charge >= 0.3 is 6.18 Å². The first kappa shape index (κ1) is 12.5. The van der Waals surface area contributed by atoms with Crippen LogP contribution in [0.4, 0.5) is 13.2 Å². The Balaban J connectivity index is 1.95. The number of halogens is 3. The minimum atomic E-state index is -4.26. The SMILES string of the molecule is FC(F)(F)CNCc1nc(-c2cccnc2)no1. The Kier molecular flexibility index (Phi) is 3.56. The Labute approximate surface area is 100 Å². The fourth-order valence-corrected chi connectivity index (χ4v) is 1.25. The molecule has 5 nitrogen and oxygen atoms in total. The van der Waals surface area contributed by atoms with Gasteiger partial charge in [0.05, 0.1) is 13.1 Å². The summed E-state index contributed by atoms with van der Waals surface area (Å²) >= 11 is 0. The van der Waals surface area contributed by atoms with Gasteiger partial charge < -0.3 is 9.84 Å². The Morgan fingerprint density at radius 2 is 2.17 bits per heavy atom. The van der Waals surface area contributed by atoms with Gasteiger partial charge in [-0.3, -0.25) is 4.98 Å². The molecule has 0 aliphatic carbocycles. The van der Waals surface area contributed by atoms with Gasteiger partial charge in [0.25, 0.3) is 0 Å². The van der Waals surface area contributed by atoms with Gasteiger partial charge in [-0.05, 0) is 12.1 Å². The van der Waals surface area contributed by atoms with Crippen molar-refractivity contribution in [3.8, 4) is 11.4 Å². The van der Waals surface area contributed by atoms with Crippen molar-refractivity contribution in [3.63, 3.8) is 0 Å². The van der Waals surface area contributed by atoms with Gasteiger partial charge in [-0.25, -0.2) is 0 Å². The van der Waals surface area contributed by atoms with E-state index >= 15 is 0 Å². The molecule has 0 fully saturated rings. The van der Waals surface area contributed by atoms with Crippen LogP contribution in [-0.2, 0) is 6.54 Å². The molecule has 0 aromatic carbocycles. The van der Waals surface area contributed by atoms with Gasteiger partial charge in [0.2, 0.25) is 11.7 Å². The molecular weight excluding hydrogens is 249 g/mol. The molecule has 0 spiro atoms. The number of alkyl halides is 3. The first-order valence-corrected chi connectivity index (χ1v) is 5.05. The van der Waals surface area contributed by atoms with Crippen molar-refractivity contribution in [3.05, 3.63) is 30.4 Å². The normalized spacial score (nSPS) is 11.7. The molecule has 0 saturated carbocycles. The van der Waals surface area contributed by atoms with Crippen LogP contribution >= 0.6 is 0 Å². The Bertz CT molecular complexity index is 497. The van der Waals surface area contributed by atoms with Crippen molar-refractivity contribution in [2.24, 2.45) is 0 Å². The molecule has 18 heavy (non-hydrogen) atoms. The highest BCUT2D eigenvalue weighted by atomic mass is 19.4. The molecule has 2 rings (SSSR count). The smallest absolute Gasteiger partial charge is 0.338 e. The first-order chi connectivity index (χ1) is 8.54. The Morgan fingerprint density at radius 3 is 2.83 bits per heavy atom. The molecule has 0 amide bonds. The van der Waals surface area contributed by atoms with Gasteiger partial charge in [0, 0.05) is 18.0 Å². The monoisotopic (exact) mass is 258 g/mol. The van der Waals surface area contributed by atoms with Crippen LogP contribution in [0.1, 0.15) is 5.89 Å². The molecule has 0 saturated heterocycles.